The number of halogens is 2. The van der Waals surface area contributed by atoms with Crippen molar-refractivity contribution in [2.45, 2.75) is 104 Å². The molecule has 3 aromatic carbocycles. The van der Waals surface area contributed by atoms with Crippen molar-refractivity contribution in [1.29, 1.82) is 0 Å². The minimum atomic E-state index is -0.639. The largest absolute Gasteiger partial charge is 0.491 e. The van der Waals surface area contributed by atoms with E-state index < -0.39 is 17.6 Å². The third kappa shape index (κ3) is 11.3. The third-order valence-corrected chi connectivity index (χ3v) is 7.41. The van der Waals surface area contributed by atoms with Gasteiger partial charge in [-0.1, -0.05) is 109 Å². The SMILES string of the molecule is CCCCCCCCCOc1ccc(-c2ccc(C(=O)Oc3ccc(CCCCCCCC)cc3F)cc2)cc1F. The molecule has 222 valence electrons. The summed E-state index contributed by atoms with van der Waals surface area (Å²) in [6.07, 6.45) is 16.2. The van der Waals surface area contributed by atoms with Crippen molar-refractivity contribution in [2.24, 2.45) is 0 Å². The molecule has 0 aliphatic carbocycles. The van der Waals surface area contributed by atoms with E-state index in [1.807, 2.05) is 6.07 Å². The molecule has 0 N–H and O–H groups in total. The second kappa shape index (κ2) is 18.3. The number of benzene rings is 3. The number of esters is 1. The number of hydrogen-bond donors (Lipinski definition) is 0. The summed E-state index contributed by atoms with van der Waals surface area (Å²) in [5.41, 5.74) is 2.63. The number of aryl methyl sites for hydroxylation is 1. The Bertz CT molecular complexity index is 1190. The Balaban J connectivity index is 1.47. The summed E-state index contributed by atoms with van der Waals surface area (Å²) in [6.45, 7) is 4.91. The van der Waals surface area contributed by atoms with Crippen LogP contribution in [0.1, 0.15) is 113 Å². The summed E-state index contributed by atoms with van der Waals surface area (Å²) in [5.74, 6) is -1.42. The van der Waals surface area contributed by atoms with E-state index in [0.29, 0.717) is 17.7 Å². The van der Waals surface area contributed by atoms with E-state index in [-0.39, 0.29) is 11.5 Å². The first-order valence-corrected chi connectivity index (χ1v) is 15.5. The van der Waals surface area contributed by atoms with Gasteiger partial charge in [-0.2, -0.15) is 0 Å². The van der Waals surface area contributed by atoms with E-state index in [1.54, 1.807) is 36.4 Å². The maximum absolute atomic E-state index is 14.7. The first kappa shape index (κ1) is 32.3. The lowest BCUT2D eigenvalue weighted by Gasteiger charge is -2.10. The molecule has 0 heterocycles. The summed E-state index contributed by atoms with van der Waals surface area (Å²) in [7, 11) is 0. The molecule has 0 amide bonds. The lowest BCUT2D eigenvalue weighted by atomic mass is 10.0. The van der Waals surface area contributed by atoms with E-state index in [9.17, 15) is 13.6 Å². The lowest BCUT2D eigenvalue weighted by Crippen LogP contribution is -2.09. The standard InChI is InChI=1S/C36H46F2O3/c1-3-5-7-9-11-13-15-25-40-34-24-22-31(27-33(34)38)29-18-20-30(21-19-29)36(39)41-35-23-17-28(26-32(35)37)16-14-12-10-8-6-4-2/h17-24,26-27H,3-16,25H2,1-2H3. The fourth-order valence-corrected chi connectivity index (χ4v) is 4.89. The Morgan fingerprint density at radius 1 is 0.610 bits per heavy atom. The molecule has 3 nitrogen and oxygen atoms in total. The average molecular weight is 565 g/mol. The van der Waals surface area contributed by atoms with Gasteiger partial charge in [-0.25, -0.2) is 13.6 Å². The van der Waals surface area contributed by atoms with Crippen molar-refractivity contribution < 1.29 is 23.0 Å². The smallest absolute Gasteiger partial charge is 0.343 e. The van der Waals surface area contributed by atoms with Gasteiger partial charge >= 0.3 is 5.97 Å². The topological polar surface area (TPSA) is 35.5 Å². The molecular weight excluding hydrogens is 518 g/mol. The van der Waals surface area contributed by atoms with Crippen LogP contribution in [0.3, 0.4) is 0 Å². The highest BCUT2D eigenvalue weighted by molar-refractivity contribution is 5.91. The molecule has 0 spiro atoms. The van der Waals surface area contributed by atoms with E-state index >= 15 is 0 Å². The second-order valence-corrected chi connectivity index (χ2v) is 10.9. The monoisotopic (exact) mass is 564 g/mol. The van der Waals surface area contributed by atoms with Gasteiger partial charge in [-0.05, 0) is 72.4 Å². The van der Waals surface area contributed by atoms with E-state index in [1.165, 1.54) is 76.0 Å². The molecule has 5 heteroatoms. The van der Waals surface area contributed by atoms with Gasteiger partial charge in [0.05, 0.1) is 12.2 Å². The van der Waals surface area contributed by atoms with Crippen molar-refractivity contribution in [1.82, 2.24) is 0 Å². The van der Waals surface area contributed by atoms with Crippen molar-refractivity contribution in [3.8, 4) is 22.6 Å². The van der Waals surface area contributed by atoms with E-state index in [4.69, 9.17) is 9.47 Å². The Labute approximate surface area is 245 Å². The number of ether oxygens (including phenoxy) is 2. The number of rotatable bonds is 19. The summed E-state index contributed by atoms with van der Waals surface area (Å²) in [6, 6.07) is 16.3. The number of hydrogen-bond acceptors (Lipinski definition) is 3. The Hall–Kier alpha value is -3.21. The molecule has 0 aliphatic rings. The molecule has 0 saturated heterocycles. The zero-order valence-electron chi connectivity index (χ0n) is 24.9. The van der Waals surface area contributed by atoms with Gasteiger partial charge in [0.15, 0.2) is 23.1 Å². The van der Waals surface area contributed by atoms with Crippen molar-refractivity contribution >= 4 is 5.97 Å². The molecule has 3 rings (SSSR count). The van der Waals surface area contributed by atoms with Crippen molar-refractivity contribution in [3.05, 3.63) is 83.4 Å². The molecule has 0 aliphatic heterocycles. The minimum absolute atomic E-state index is 0.0834. The zero-order chi connectivity index (χ0) is 29.3. The summed E-state index contributed by atoms with van der Waals surface area (Å²) >= 11 is 0. The maximum atomic E-state index is 14.7. The average Bonchev–Trinajstić information content (AvgIpc) is 2.98. The van der Waals surface area contributed by atoms with Crippen LogP contribution in [0.25, 0.3) is 11.1 Å². The first-order valence-electron chi connectivity index (χ1n) is 15.5. The maximum Gasteiger partial charge on any atom is 0.343 e. The normalized spacial score (nSPS) is 11.0. The first-order chi connectivity index (χ1) is 20.0. The van der Waals surface area contributed by atoms with Gasteiger partial charge in [-0.15, -0.1) is 0 Å². The highest BCUT2D eigenvalue weighted by atomic mass is 19.1. The molecule has 0 atom stereocenters. The predicted molar refractivity (Wildman–Crippen MR) is 164 cm³/mol. The highest BCUT2D eigenvalue weighted by Gasteiger charge is 2.14. The Morgan fingerprint density at radius 3 is 1.80 bits per heavy atom. The summed E-state index contributed by atoms with van der Waals surface area (Å²) < 4.78 is 40.2. The summed E-state index contributed by atoms with van der Waals surface area (Å²) in [5, 5.41) is 0. The fraction of sp³-hybridized carbons (Fsp3) is 0.472. The van der Waals surface area contributed by atoms with E-state index in [2.05, 4.69) is 13.8 Å². The van der Waals surface area contributed by atoms with Gasteiger partial charge in [0.1, 0.15) is 0 Å². The Kier molecular flexibility index (Phi) is 14.4. The minimum Gasteiger partial charge on any atom is -0.491 e. The Morgan fingerprint density at radius 2 is 1.17 bits per heavy atom. The predicted octanol–water partition coefficient (Wildman–Crippen LogP) is 10.9. The molecule has 0 saturated carbocycles. The van der Waals surface area contributed by atoms with Gasteiger partial charge in [-0.3, -0.25) is 0 Å². The van der Waals surface area contributed by atoms with E-state index in [0.717, 1.165) is 43.2 Å². The van der Waals surface area contributed by atoms with Gasteiger partial charge in [0, 0.05) is 0 Å². The lowest BCUT2D eigenvalue weighted by molar-refractivity contribution is 0.0728. The molecule has 0 aromatic heterocycles. The zero-order valence-corrected chi connectivity index (χ0v) is 24.9. The number of unbranched alkanes of at least 4 members (excludes halogenated alkanes) is 11. The van der Waals surface area contributed by atoms with Crippen LogP contribution in [0.5, 0.6) is 11.5 Å². The molecule has 0 bridgehead atoms. The molecule has 0 fully saturated rings. The van der Waals surface area contributed by atoms with Gasteiger partial charge < -0.3 is 9.47 Å². The fourth-order valence-electron chi connectivity index (χ4n) is 4.89. The molecular formula is C36H46F2O3. The second-order valence-electron chi connectivity index (χ2n) is 10.9. The molecule has 0 radical (unpaired) electrons. The van der Waals surface area contributed by atoms with Crippen LogP contribution < -0.4 is 9.47 Å². The molecule has 0 unspecified atom stereocenters. The highest BCUT2D eigenvalue weighted by Crippen LogP contribution is 2.27. The van der Waals surface area contributed by atoms with Crippen LogP contribution in [-0.2, 0) is 6.42 Å². The number of carbonyl (C=O) groups excluding carboxylic acids is 1. The van der Waals surface area contributed by atoms with Crippen LogP contribution in [0.2, 0.25) is 0 Å². The van der Waals surface area contributed by atoms with Gasteiger partial charge in [0.25, 0.3) is 0 Å². The molecule has 41 heavy (non-hydrogen) atoms. The van der Waals surface area contributed by atoms with Crippen LogP contribution in [0, 0.1) is 11.6 Å². The van der Waals surface area contributed by atoms with Crippen molar-refractivity contribution in [3.63, 3.8) is 0 Å². The van der Waals surface area contributed by atoms with Crippen LogP contribution >= 0.6 is 0 Å². The summed E-state index contributed by atoms with van der Waals surface area (Å²) in [4.78, 5) is 12.6. The van der Waals surface area contributed by atoms with Gasteiger partial charge in [0.2, 0.25) is 0 Å². The van der Waals surface area contributed by atoms with Crippen LogP contribution in [0.15, 0.2) is 60.7 Å². The van der Waals surface area contributed by atoms with Crippen LogP contribution in [0.4, 0.5) is 8.78 Å². The molecule has 3 aromatic rings. The third-order valence-electron chi connectivity index (χ3n) is 7.41. The quantitative estimate of drug-likeness (QED) is 0.0825. The van der Waals surface area contributed by atoms with Crippen LogP contribution in [-0.4, -0.2) is 12.6 Å². The number of carbonyl (C=O) groups is 1. The van der Waals surface area contributed by atoms with Crippen molar-refractivity contribution in [2.75, 3.05) is 6.61 Å².